The lowest BCUT2D eigenvalue weighted by Crippen LogP contribution is -2.28. The average Bonchev–Trinajstić information content (AvgIpc) is 2.43. The van der Waals surface area contributed by atoms with Gasteiger partial charge in [0, 0.05) is 3.57 Å². The van der Waals surface area contributed by atoms with E-state index >= 15 is 0 Å². The zero-order chi connectivity index (χ0) is 14.8. The van der Waals surface area contributed by atoms with E-state index in [0.717, 1.165) is 25.6 Å². The van der Waals surface area contributed by atoms with Crippen molar-refractivity contribution in [1.82, 2.24) is 5.43 Å². The van der Waals surface area contributed by atoms with Gasteiger partial charge in [0.05, 0.1) is 11.1 Å². The maximum absolute atomic E-state index is 6.22. The first-order valence-electron chi connectivity index (χ1n) is 7.20. The van der Waals surface area contributed by atoms with E-state index in [1.165, 1.54) is 24.8 Å². The Morgan fingerprint density at radius 2 is 1.76 bits per heavy atom. The van der Waals surface area contributed by atoms with E-state index in [-0.39, 0.29) is 6.04 Å². The molecule has 4 heteroatoms. The third-order valence-corrected chi connectivity index (χ3v) is 5.86. The summed E-state index contributed by atoms with van der Waals surface area (Å²) in [6.45, 7) is 0. The SMILES string of the molecule is NNC(c1ccc(C2CCC2)cc1)c1ccc(I)c(Cl)c1. The second-order valence-corrected chi connectivity index (χ2v) is 7.14. The van der Waals surface area contributed by atoms with Gasteiger partial charge in [0.2, 0.25) is 0 Å². The van der Waals surface area contributed by atoms with Crippen LogP contribution < -0.4 is 11.3 Å². The Bertz CT molecular complexity index is 623. The minimum absolute atomic E-state index is 0.0325. The summed E-state index contributed by atoms with van der Waals surface area (Å²) in [6, 6.07) is 14.8. The number of nitrogens with two attached hydrogens (primary N) is 1. The zero-order valence-electron chi connectivity index (χ0n) is 11.7. The van der Waals surface area contributed by atoms with Crippen LogP contribution in [-0.2, 0) is 0 Å². The van der Waals surface area contributed by atoms with Crippen molar-refractivity contribution < 1.29 is 0 Å². The molecule has 0 spiro atoms. The summed E-state index contributed by atoms with van der Waals surface area (Å²) in [5.41, 5.74) is 6.59. The topological polar surface area (TPSA) is 38.0 Å². The maximum atomic E-state index is 6.22. The number of halogens is 2. The van der Waals surface area contributed by atoms with Gasteiger partial charge in [-0.05, 0) is 70.2 Å². The van der Waals surface area contributed by atoms with Crippen molar-refractivity contribution in [2.24, 2.45) is 5.84 Å². The molecule has 0 saturated heterocycles. The Morgan fingerprint density at radius 3 is 2.29 bits per heavy atom. The largest absolute Gasteiger partial charge is 0.271 e. The van der Waals surface area contributed by atoms with Crippen LogP contribution in [-0.4, -0.2) is 0 Å². The second-order valence-electron chi connectivity index (χ2n) is 5.57. The third-order valence-electron chi connectivity index (χ3n) is 4.29. The van der Waals surface area contributed by atoms with Crippen molar-refractivity contribution in [2.75, 3.05) is 0 Å². The van der Waals surface area contributed by atoms with Gasteiger partial charge in [-0.2, -0.15) is 0 Å². The smallest absolute Gasteiger partial charge is 0.0710 e. The Morgan fingerprint density at radius 1 is 1.10 bits per heavy atom. The molecule has 3 rings (SSSR count). The highest BCUT2D eigenvalue weighted by atomic mass is 127. The fourth-order valence-corrected chi connectivity index (χ4v) is 3.30. The van der Waals surface area contributed by atoms with Crippen molar-refractivity contribution in [2.45, 2.75) is 31.2 Å². The van der Waals surface area contributed by atoms with Gasteiger partial charge < -0.3 is 0 Å². The average molecular weight is 413 g/mol. The molecule has 0 heterocycles. The molecule has 2 nitrogen and oxygen atoms in total. The molecule has 1 unspecified atom stereocenters. The summed E-state index contributed by atoms with van der Waals surface area (Å²) in [4.78, 5) is 0. The van der Waals surface area contributed by atoms with E-state index in [0.29, 0.717) is 0 Å². The van der Waals surface area contributed by atoms with Gasteiger partial charge in [-0.3, -0.25) is 5.84 Å². The fraction of sp³-hybridized carbons (Fsp3) is 0.294. The predicted molar refractivity (Wildman–Crippen MR) is 96.4 cm³/mol. The molecule has 3 N–H and O–H groups in total. The number of hydrogen-bond acceptors (Lipinski definition) is 2. The highest BCUT2D eigenvalue weighted by Gasteiger charge is 2.20. The lowest BCUT2D eigenvalue weighted by Gasteiger charge is -2.26. The minimum Gasteiger partial charge on any atom is -0.271 e. The van der Waals surface area contributed by atoms with E-state index in [1.54, 1.807) is 0 Å². The van der Waals surface area contributed by atoms with Gasteiger partial charge in [-0.25, -0.2) is 5.43 Å². The van der Waals surface area contributed by atoms with Crippen molar-refractivity contribution >= 4 is 34.2 Å². The summed E-state index contributed by atoms with van der Waals surface area (Å²) in [6.07, 6.45) is 4.01. The second kappa shape index (κ2) is 6.65. The summed E-state index contributed by atoms with van der Waals surface area (Å²) in [7, 11) is 0. The van der Waals surface area contributed by atoms with Crippen molar-refractivity contribution in [3.8, 4) is 0 Å². The molecule has 0 radical (unpaired) electrons. The van der Waals surface area contributed by atoms with E-state index in [2.05, 4.69) is 58.3 Å². The number of hydrogen-bond donors (Lipinski definition) is 2. The Hall–Kier alpha value is -0.620. The van der Waals surface area contributed by atoms with Crippen LogP contribution in [0.25, 0.3) is 0 Å². The van der Waals surface area contributed by atoms with Gasteiger partial charge >= 0.3 is 0 Å². The van der Waals surface area contributed by atoms with E-state index < -0.39 is 0 Å². The van der Waals surface area contributed by atoms with Gasteiger partial charge in [-0.15, -0.1) is 0 Å². The maximum Gasteiger partial charge on any atom is 0.0710 e. The van der Waals surface area contributed by atoms with Gasteiger partial charge in [-0.1, -0.05) is 48.4 Å². The van der Waals surface area contributed by atoms with Crippen molar-refractivity contribution in [3.05, 3.63) is 67.7 Å². The lowest BCUT2D eigenvalue weighted by molar-refractivity contribution is 0.419. The molecule has 0 aliphatic heterocycles. The first kappa shape index (κ1) is 15.3. The summed E-state index contributed by atoms with van der Waals surface area (Å²) < 4.78 is 1.05. The summed E-state index contributed by atoms with van der Waals surface area (Å²) in [5, 5.41) is 0.763. The molecular formula is C17H18ClIN2. The molecule has 2 aromatic carbocycles. The summed E-state index contributed by atoms with van der Waals surface area (Å²) in [5.74, 6) is 6.53. The minimum atomic E-state index is -0.0325. The number of rotatable bonds is 4. The molecule has 1 aliphatic rings. The van der Waals surface area contributed by atoms with Crippen LogP contribution in [0.5, 0.6) is 0 Å². The van der Waals surface area contributed by atoms with E-state index in [9.17, 15) is 0 Å². The van der Waals surface area contributed by atoms with Crippen LogP contribution in [0.1, 0.15) is 47.9 Å². The third kappa shape index (κ3) is 3.26. The molecule has 21 heavy (non-hydrogen) atoms. The fourth-order valence-electron chi connectivity index (χ4n) is 2.78. The number of benzene rings is 2. The lowest BCUT2D eigenvalue weighted by atomic mass is 9.79. The van der Waals surface area contributed by atoms with Gasteiger partial charge in [0.25, 0.3) is 0 Å². The molecule has 1 fully saturated rings. The first-order chi connectivity index (χ1) is 10.2. The molecule has 1 aliphatic carbocycles. The van der Waals surface area contributed by atoms with E-state index in [1.807, 2.05) is 12.1 Å². The van der Waals surface area contributed by atoms with Gasteiger partial charge in [0.15, 0.2) is 0 Å². The normalized spacial score (nSPS) is 16.5. The quantitative estimate of drug-likeness (QED) is 0.431. The first-order valence-corrected chi connectivity index (χ1v) is 8.65. The molecular weight excluding hydrogens is 395 g/mol. The molecule has 0 amide bonds. The predicted octanol–water partition coefficient (Wildman–Crippen LogP) is 4.76. The van der Waals surface area contributed by atoms with Crippen LogP contribution in [0.4, 0.5) is 0 Å². The van der Waals surface area contributed by atoms with Crippen LogP contribution >= 0.6 is 34.2 Å². The monoisotopic (exact) mass is 412 g/mol. The van der Waals surface area contributed by atoms with Crippen LogP contribution in [0, 0.1) is 3.57 Å². The molecule has 2 aromatic rings. The Kier molecular flexibility index (Phi) is 4.84. The molecule has 1 atom stereocenters. The standard InChI is InChI=1S/C17H18ClIN2/c18-15-10-14(8-9-16(15)19)17(21-20)13-6-4-12(5-7-13)11-2-1-3-11/h4-11,17,21H,1-3,20H2. The molecule has 0 bridgehead atoms. The van der Waals surface area contributed by atoms with Crippen molar-refractivity contribution in [3.63, 3.8) is 0 Å². The Labute approximate surface area is 144 Å². The number of nitrogens with one attached hydrogen (secondary N) is 1. The molecule has 0 aromatic heterocycles. The highest BCUT2D eigenvalue weighted by molar-refractivity contribution is 14.1. The zero-order valence-corrected chi connectivity index (χ0v) is 14.6. The van der Waals surface area contributed by atoms with Crippen LogP contribution in [0.2, 0.25) is 5.02 Å². The van der Waals surface area contributed by atoms with E-state index in [4.69, 9.17) is 17.4 Å². The highest BCUT2D eigenvalue weighted by Crippen LogP contribution is 2.37. The van der Waals surface area contributed by atoms with Crippen LogP contribution in [0.15, 0.2) is 42.5 Å². The van der Waals surface area contributed by atoms with Crippen molar-refractivity contribution in [1.29, 1.82) is 0 Å². The summed E-state index contributed by atoms with van der Waals surface area (Å²) >= 11 is 8.45. The van der Waals surface area contributed by atoms with Crippen LogP contribution in [0.3, 0.4) is 0 Å². The molecule has 1 saturated carbocycles. The molecule has 110 valence electrons. The number of hydrazine groups is 1. The Balaban J connectivity index is 1.86. The van der Waals surface area contributed by atoms with Gasteiger partial charge in [0.1, 0.15) is 0 Å².